The first-order valence-electron chi connectivity index (χ1n) is 7.32. The maximum absolute atomic E-state index is 5.93. The van der Waals surface area contributed by atoms with Gasteiger partial charge in [0.1, 0.15) is 0 Å². The Morgan fingerprint density at radius 3 is 2.70 bits per heavy atom. The maximum Gasteiger partial charge on any atom is 0.0952 e. The SMILES string of the molecule is C[C@H](NCC1OCCc2ccccc21)c1ccccc1. The van der Waals surface area contributed by atoms with Gasteiger partial charge in [-0.15, -0.1) is 0 Å². The molecule has 1 aliphatic heterocycles. The Labute approximate surface area is 120 Å². The van der Waals surface area contributed by atoms with Crippen molar-refractivity contribution in [1.82, 2.24) is 5.32 Å². The Morgan fingerprint density at radius 1 is 1.10 bits per heavy atom. The summed E-state index contributed by atoms with van der Waals surface area (Å²) in [5, 5.41) is 3.58. The monoisotopic (exact) mass is 267 g/mol. The molecule has 1 aliphatic rings. The molecule has 20 heavy (non-hydrogen) atoms. The van der Waals surface area contributed by atoms with Crippen molar-refractivity contribution in [3.63, 3.8) is 0 Å². The summed E-state index contributed by atoms with van der Waals surface area (Å²) in [5.41, 5.74) is 4.08. The molecule has 2 heteroatoms. The molecular formula is C18H21NO. The molecule has 0 spiro atoms. The zero-order chi connectivity index (χ0) is 13.8. The van der Waals surface area contributed by atoms with Crippen molar-refractivity contribution in [2.45, 2.75) is 25.5 Å². The average Bonchev–Trinajstić information content (AvgIpc) is 2.53. The highest BCUT2D eigenvalue weighted by molar-refractivity contribution is 5.31. The Kier molecular flexibility index (Phi) is 4.14. The van der Waals surface area contributed by atoms with E-state index in [0.29, 0.717) is 6.04 Å². The largest absolute Gasteiger partial charge is 0.372 e. The Bertz CT molecular complexity index is 552. The van der Waals surface area contributed by atoms with E-state index in [1.807, 2.05) is 0 Å². The first-order chi connectivity index (χ1) is 9.84. The van der Waals surface area contributed by atoms with Crippen LogP contribution >= 0.6 is 0 Å². The third-order valence-corrected chi connectivity index (χ3v) is 4.00. The summed E-state index contributed by atoms with van der Waals surface area (Å²) >= 11 is 0. The fraction of sp³-hybridized carbons (Fsp3) is 0.333. The van der Waals surface area contributed by atoms with E-state index >= 15 is 0 Å². The molecule has 0 amide bonds. The Hall–Kier alpha value is -1.64. The molecule has 0 bridgehead atoms. The Balaban J connectivity index is 1.65. The normalized spacial score (nSPS) is 19.4. The van der Waals surface area contributed by atoms with Crippen LogP contribution < -0.4 is 5.32 Å². The van der Waals surface area contributed by atoms with Gasteiger partial charge in [-0.3, -0.25) is 0 Å². The van der Waals surface area contributed by atoms with Crippen LogP contribution in [-0.2, 0) is 11.2 Å². The number of fused-ring (bicyclic) bond motifs is 1. The lowest BCUT2D eigenvalue weighted by molar-refractivity contribution is 0.0410. The maximum atomic E-state index is 5.93. The third kappa shape index (κ3) is 2.92. The van der Waals surface area contributed by atoms with Crippen LogP contribution in [0, 0.1) is 0 Å². The van der Waals surface area contributed by atoms with Crippen LogP contribution in [0.1, 0.15) is 35.8 Å². The van der Waals surface area contributed by atoms with Crippen LogP contribution in [0.2, 0.25) is 0 Å². The second kappa shape index (κ2) is 6.21. The number of benzene rings is 2. The summed E-state index contributed by atoms with van der Waals surface area (Å²) in [4.78, 5) is 0. The smallest absolute Gasteiger partial charge is 0.0952 e. The highest BCUT2D eigenvalue weighted by Gasteiger charge is 2.20. The zero-order valence-electron chi connectivity index (χ0n) is 11.9. The van der Waals surface area contributed by atoms with Crippen LogP contribution in [0.25, 0.3) is 0 Å². The van der Waals surface area contributed by atoms with Gasteiger partial charge in [0.05, 0.1) is 12.7 Å². The topological polar surface area (TPSA) is 21.3 Å². The van der Waals surface area contributed by atoms with Gasteiger partial charge in [-0.05, 0) is 30.0 Å². The molecule has 3 rings (SSSR count). The van der Waals surface area contributed by atoms with E-state index in [2.05, 4.69) is 66.8 Å². The molecule has 2 aromatic carbocycles. The summed E-state index contributed by atoms with van der Waals surface area (Å²) in [6.07, 6.45) is 1.20. The molecule has 1 unspecified atom stereocenters. The van der Waals surface area contributed by atoms with Crippen LogP contribution in [-0.4, -0.2) is 13.2 Å². The second-order valence-corrected chi connectivity index (χ2v) is 5.35. The van der Waals surface area contributed by atoms with Crippen molar-refractivity contribution >= 4 is 0 Å². The first kappa shape index (κ1) is 13.3. The molecule has 104 valence electrons. The lowest BCUT2D eigenvalue weighted by atomic mass is 9.97. The third-order valence-electron chi connectivity index (χ3n) is 4.00. The molecule has 0 aromatic heterocycles. The van der Waals surface area contributed by atoms with Gasteiger partial charge in [0, 0.05) is 12.6 Å². The molecule has 0 saturated carbocycles. The lowest BCUT2D eigenvalue weighted by Crippen LogP contribution is -2.29. The quantitative estimate of drug-likeness (QED) is 0.913. The zero-order valence-corrected chi connectivity index (χ0v) is 11.9. The van der Waals surface area contributed by atoms with E-state index < -0.39 is 0 Å². The van der Waals surface area contributed by atoms with Gasteiger partial charge in [0.25, 0.3) is 0 Å². The van der Waals surface area contributed by atoms with Crippen molar-refractivity contribution in [3.05, 3.63) is 71.3 Å². The van der Waals surface area contributed by atoms with E-state index in [4.69, 9.17) is 4.74 Å². The molecule has 2 nitrogen and oxygen atoms in total. The van der Waals surface area contributed by atoms with Gasteiger partial charge in [-0.2, -0.15) is 0 Å². The standard InChI is InChI=1S/C18H21NO/c1-14(15-7-3-2-4-8-15)19-13-18-17-10-6-5-9-16(17)11-12-20-18/h2-10,14,18-19H,11-13H2,1H3/t14-,18?/m0/s1. The molecular weight excluding hydrogens is 246 g/mol. The Morgan fingerprint density at radius 2 is 1.85 bits per heavy atom. The molecule has 1 heterocycles. The predicted molar refractivity (Wildman–Crippen MR) is 81.7 cm³/mol. The minimum absolute atomic E-state index is 0.172. The van der Waals surface area contributed by atoms with Crippen molar-refractivity contribution in [3.8, 4) is 0 Å². The van der Waals surface area contributed by atoms with Gasteiger partial charge in [0.15, 0.2) is 0 Å². The highest BCUT2D eigenvalue weighted by Crippen LogP contribution is 2.26. The minimum Gasteiger partial charge on any atom is -0.372 e. The summed E-state index contributed by atoms with van der Waals surface area (Å²) < 4.78 is 5.93. The van der Waals surface area contributed by atoms with Crippen molar-refractivity contribution in [1.29, 1.82) is 0 Å². The van der Waals surface area contributed by atoms with Gasteiger partial charge < -0.3 is 10.1 Å². The van der Waals surface area contributed by atoms with Crippen molar-refractivity contribution in [2.75, 3.05) is 13.2 Å². The van der Waals surface area contributed by atoms with E-state index in [0.717, 1.165) is 19.6 Å². The molecule has 2 atom stereocenters. The van der Waals surface area contributed by atoms with Crippen molar-refractivity contribution < 1.29 is 4.74 Å². The van der Waals surface area contributed by atoms with E-state index in [1.165, 1.54) is 16.7 Å². The average molecular weight is 267 g/mol. The minimum atomic E-state index is 0.172. The van der Waals surface area contributed by atoms with E-state index in [1.54, 1.807) is 0 Å². The van der Waals surface area contributed by atoms with Crippen LogP contribution in [0.3, 0.4) is 0 Å². The molecule has 1 N–H and O–H groups in total. The van der Waals surface area contributed by atoms with Gasteiger partial charge in [-0.1, -0.05) is 54.6 Å². The number of nitrogens with one attached hydrogen (secondary N) is 1. The summed E-state index contributed by atoms with van der Waals surface area (Å²) in [5.74, 6) is 0. The number of hydrogen-bond donors (Lipinski definition) is 1. The van der Waals surface area contributed by atoms with Crippen LogP contribution in [0.15, 0.2) is 54.6 Å². The molecule has 0 aliphatic carbocycles. The molecule has 0 saturated heterocycles. The molecule has 0 fully saturated rings. The number of hydrogen-bond acceptors (Lipinski definition) is 2. The first-order valence-corrected chi connectivity index (χ1v) is 7.32. The van der Waals surface area contributed by atoms with Gasteiger partial charge in [0.2, 0.25) is 0 Å². The summed E-state index contributed by atoms with van der Waals surface area (Å²) in [6.45, 7) is 3.88. The molecule has 0 radical (unpaired) electrons. The number of rotatable bonds is 4. The fourth-order valence-corrected chi connectivity index (χ4v) is 2.79. The predicted octanol–water partition coefficient (Wildman–Crippen LogP) is 3.65. The molecule has 2 aromatic rings. The highest BCUT2D eigenvalue weighted by atomic mass is 16.5. The summed E-state index contributed by atoms with van der Waals surface area (Å²) in [6, 6.07) is 19.5. The van der Waals surface area contributed by atoms with Gasteiger partial charge >= 0.3 is 0 Å². The van der Waals surface area contributed by atoms with Crippen LogP contribution in [0.5, 0.6) is 0 Å². The van der Waals surface area contributed by atoms with Crippen molar-refractivity contribution in [2.24, 2.45) is 0 Å². The van der Waals surface area contributed by atoms with E-state index in [9.17, 15) is 0 Å². The van der Waals surface area contributed by atoms with Gasteiger partial charge in [-0.25, -0.2) is 0 Å². The van der Waals surface area contributed by atoms with Crippen LogP contribution in [0.4, 0.5) is 0 Å². The lowest BCUT2D eigenvalue weighted by Gasteiger charge is -2.27. The van der Waals surface area contributed by atoms with E-state index in [-0.39, 0.29) is 6.10 Å². The summed E-state index contributed by atoms with van der Waals surface area (Å²) in [7, 11) is 0. The number of ether oxygens (including phenoxy) is 1. The second-order valence-electron chi connectivity index (χ2n) is 5.35. The fourth-order valence-electron chi connectivity index (χ4n) is 2.79.